The van der Waals surface area contributed by atoms with Crippen LogP contribution >= 0.6 is 0 Å². The highest BCUT2D eigenvalue weighted by Crippen LogP contribution is 2.37. The van der Waals surface area contributed by atoms with E-state index in [1.807, 2.05) is 0 Å². The first kappa shape index (κ1) is 11.1. The first-order valence-corrected chi connectivity index (χ1v) is 7.22. The summed E-state index contributed by atoms with van der Waals surface area (Å²) in [6.07, 6.45) is 14.2. The largest absolute Gasteiger partial charge is 0.0764 e. The number of benzene rings is 1. The molecule has 90 valence electrons. The van der Waals surface area contributed by atoms with E-state index >= 15 is 0 Å². The topological polar surface area (TPSA) is 0 Å². The molecule has 1 unspecified atom stereocenters. The Hall–Kier alpha value is -1.04. The summed E-state index contributed by atoms with van der Waals surface area (Å²) in [5, 5.41) is 0. The number of unbranched alkanes of at least 4 members (excludes halogenated alkanes) is 2. The van der Waals surface area contributed by atoms with Gasteiger partial charge in [-0.25, -0.2) is 0 Å². The highest BCUT2D eigenvalue weighted by atomic mass is 14.3. The molecule has 0 N–H and O–H groups in total. The smallest absolute Gasteiger partial charge is 0.00273 e. The zero-order valence-electron chi connectivity index (χ0n) is 10.8. The molecule has 0 aromatic heterocycles. The number of allylic oxidation sites excluding steroid dienone is 1. The van der Waals surface area contributed by atoms with Gasteiger partial charge in [0.15, 0.2) is 0 Å². The maximum atomic E-state index is 2.51. The summed E-state index contributed by atoms with van der Waals surface area (Å²) >= 11 is 0. The van der Waals surface area contributed by atoms with E-state index in [0.717, 1.165) is 0 Å². The average Bonchev–Trinajstić information content (AvgIpc) is 2.93. The lowest BCUT2D eigenvalue weighted by molar-refractivity contribution is 0.632. The molecule has 17 heavy (non-hydrogen) atoms. The monoisotopic (exact) mass is 226 g/mol. The molecule has 1 aromatic carbocycles. The summed E-state index contributed by atoms with van der Waals surface area (Å²) in [5.74, 6) is 0.711. The van der Waals surface area contributed by atoms with Crippen LogP contribution in [0.4, 0.5) is 0 Å². The fourth-order valence-corrected chi connectivity index (χ4v) is 3.32. The van der Waals surface area contributed by atoms with Gasteiger partial charge >= 0.3 is 0 Å². The molecule has 0 amide bonds. The summed E-state index contributed by atoms with van der Waals surface area (Å²) in [6.45, 7) is 2.28. The van der Waals surface area contributed by atoms with Gasteiger partial charge in [0.2, 0.25) is 0 Å². The van der Waals surface area contributed by atoms with Crippen LogP contribution in [0.2, 0.25) is 0 Å². The Bertz CT molecular complexity index is 440. The Balaban J connectivity index is 1.79. The number of rotatable bonds is 4. The number of hydrogen-bond acceptors (Lipinski definition) is 0. The zero-order valence-corrected chi connectivity index (χ0v) is 10.8. The van der Waals surface area contributed by atoms with Crippen molar-refractivity contribution in [3.63, 3.8) is 0 Å². The van der Waals surface area contributed by atoms with E-state index in [-0.39, 0.29) is 0 Å². The molecule has 3 rings (SSSR count). The summed E-state index contributed by atoms with van der Waals surface area (Å²) < 4.78 is 0. The second kappa shape index (κ2) is 4.68. The molecule has 2 aliphatic carbocycles. The molecule has 0 radical (unpaired) electrons. The fourth-order valence-electron chi connectivity index (χ4n) is 3.32. The summed E-state index contributed by atoms with van der Waals surface area (Å²) in [5.41, 5.74) is 6.37. The van der Waals surface area contributed by atoms with E-state index < -0.39 is 0 Å². The molecule has 0 heterocycles. The van der Waals surface area contributed by atoms with Crippen molar-refractivity contribution < 1.29 is 0 Å². The summed E-state index contributed by atoms with van der Waals surface area (Å²) in [6, 6.07) is 4.96. The molecule has 0 fully saturated rings. The van der Waals surface area contributed by atoms with Crippen LogP contribution in [0.25, 0.3) is 6.08 Å². The van der Waals surface area contributed by atoms with Crippen molar-refractivity contribution in [1.82, 2.24) is 0 Å². The molecular weight excluding hydrogens is 204 g/mol. The molecular formula is C17H22. The second-order valence-electron chi connectivity index (χ2n) is 5.56. The molecule has 0 aliphatic heterocycles. The van der Waals surface area contributed by atoms with E-state index in [1.165, 1.54) is 50.5 Å². The Morgan fingerprint density at radius 2 is 1.94 bits per heavy atom. The third-order valence-electron chi connectivity index (χ3n) is 4.32. The van der Waals surface area contributed by atoms with Gasteiger partial charge in [0.25, 0.3) is 0 Å². The lowest BCUT2D eigenvalue weighted by atomic mass is 9.92. The van der Waals surface area contributed by atoms with Gasteiger partial charge in [-0.1, -0.05) is 50.5 Å². The summed E-state index contributed by atoms with van der Waals surface area (Å²) in [7, 11) is 0. The van der Waals surface area contributed by atoms with E-state index in [2.05, 4.69) is 31.2 Å². The molecule has 0 spiro atoms. The first-order valence-electron chi connectivity index (χ1n) is 7.22. The van der Waals surface area contributed by atoms with Gasteiger partial charge in [0, 0.05) is 5.92 Å². The Labute approximate surface area is 105 Å². The minimum atomic E-state index is 0.711. The van der Waals surface area contributed by atoms with E-state index in [4.69, 9.17) is 0 Å². The molecule has 1 atom stereocenters. The quantitative estimate of drug-likeness (QED) is 0.643. The van der Waals surface area contributed by atoms with Crippen LogP contribution in [-0.2, 0) is 12.8 Å². The predicted molar refractivity (Wildman–Crippen MR) is 74.4 cm³/mol. The van der Waals surface area contributed by atoms with E-state index in [9.17, 15) is 0 Å². The van der Waals surface area contributed by atoms with Crippen molar-refractivity contribution in [3.05, 3.63) is 40.5 Å². The lowest BCUT2D eigenvalue weighted by Gasteiger charge is -2.12. The van der Waals surface area contributed by atoms with Gasteiger partial charge in [0.1, 0.15) is 0 Å². The van der Waals surface area contributed by atoms with Crippen molar-refractivity contribution in [2.75, 3.05) is 0 Å². The van der Waals surface area contributed by atoms with Gasteiger partial charge in [-0.05, 0) is 47.9 Å². The molecule has 0 saturated heterocycles. The highest BCUT2D eigenvalue weighted by Gasteiger charge is 2.21. The van der Waals surface area contributed by atoms with Crippen molar-refractivity contribution in [1.29, 1.82) is 0 Å². The Morgan fingerprint density at radius 1 is 1.12 bits per heavy atom. The third kappa shape index (κ3) is 2.06. The van der Waals surface area contributed by atoms with Crippen LogP contribution in [0, 0.1) is 0 Å². The maximum Gasteiger partial charge on any atom is 0.00273 e. The van der Waals surface area contributed by atoms with Crippen LogP contribution in [0.15, 0.2) is 18.2 Å². The van der Waals surface area contributed by atoms with Gasteiger partial charge in [-0.15, -0.1) is 0 Å². The average molecular weight is 226 g/mol. The molecule has 0 bridgehead atoms. The fraction of sp³-hybridized carbons (Fsp3) is 0.529. The number of aryl methyl sites for hydroxylation is 2. The SMILES string of the molecule is CCCCCC1C=Cc2cc3c(cc21)CCC3. The zero-order chi connectivity index (χ0) is 11.7. The lowest BCUT2D eigenvalue weighted by Crippen LogP contribution is -1.96. The van der Waals surface area contributed by atoms with Gasteiger partial charge < -0.3 is 0 Å². The van der Waals surface area contributed by atoms with E-state index in [0.29, 0.717) is 5.92 Å². The molecule has 0 saturated carbocycles. The number of hydrogen-bond donors (Lipinski definition) is 0. The number of fused-ring (bicyclic) bond motifs is 2. The molecule has 2 aliphatic rings. The normalized spacial score (nSPS) is 20.6. The van der Waals surface area contributed by atoms with Crippen LogP contribution in [-0.4, -0.2) is 0 Å². The first-order chi connectivity index (χ1) is 8.38. The van der Waals surface area contributed by atoms with Gasteiger partial charge in [-0.3, -0.25) is 0 Å². The highest BCUT2D eigenvalue weighted by molar-refractivity contribution is 5.64. The van der Waals surface area contributed by atoms with Crippen LogP contribution in [0.5, 0.6) is 0 Å². The molecule has 1 aromatic rings. The molecule has 0 heteroatoms. The second-order valence-corrected chi connectivity index (χ2v) is 5.56. The third-order valence-corrected chi connectivity index (χ3v) is 4.32. The van der Waals surface area contributed by atoms with Crippen LogP contribution < -0.4 is 0 Å². The Morgan fingerprint density at radius 3 is 2.76 bits per heavy atom. The van der Waals surface area contributed by atoms with Gasteiger partial charge in [-0.2, -0.15) is 0 Å². The predicted octanol–water partition coefficient (Wildman–Crippen LogP) is 4.87. The summed E-state index contributed by atoms with van der Waals surface area (Å²) in [4.78, 5) is 0. The van der Waals surface area contributed by atoms with Crippen LogP contribution in [0.3, 0.4) is 0 Å². The van der Waals surface area contributed by atoms with Crippen molar-refractivity contribution in [2.45, 2.75) is 57.8 Å². The van der Waals surface area contributed by atoms with Crippen molar-refractivity contribution >= 4 is 6.08 Å². The Kier molecular flexibility index (Phi) is 3.05. The maximum absolute atomic E-state index is 2.51. The molecule has 0 nitrogen and oxygen atoms in total. The van der Waals surface area contributed by atoms with Crippen molar-refractivity contribution in [2.24, 2.45) is 0 Å². The standard InChI is InChI=1S/C17H22/c1-2-3-4-6-13-9-10-16-11-14-7-5-8-15(14)12-17(13)16/h9-13H,2-8H2,1H3. The van der Waals surface area contributed by atoms with Crippen molar-refractivity contribution in [3.8, 4) is 0 Å². The van der Waals surface area contributed by atoms with Gasteiger partial charge in [0.05, 0.1) is 0 Å². The van der Waals surface area contributed by atoms with Crippen LogP contribution in [0.1, 0.15) is 67.2 Å². The van der Waals surface area contributed by atoms with E-state index in [1.54, 1.807) is 16.7 Å². The minimum Gasteiger partial charge on any atom is -0.0764 e. The minimum absolute atomic E-state index is 0.711.